The van der Waals surface area contributed by atoms with E-state index in [1.54, 1.807) is 14.2 Å². The minimum absolute atomic E-state index is 0.0488. The molecule has 1 heterocycles. The van der Waals surface area contributed by atoms with Gasteiger partial charge in [-0.2, -0.15) is 0 Å². The average molecular weight is 239 g/mol. The van der Waals surface area contributed by atoms with Crippen LogP contribution in [-0.2, 0) is 0 Å². The Hall–Kier alpha value is -1.53. The first kappa shape index (κ1) is 11.0. The van der Waals surface area contributed by atoms with E-state index in [1.165, 1.54) is 0 Å². The average Bonchev–Trinajstić information content (AvgIpc) is 2.75. The fourth-order valence-corrected chi connectivity index (χ4v) is 1.72. The maximum atomic E-state index is 5.23. The molecule has 1 aliphatic heterocycles. The van der Waals surface area contributed by atoms with Crippen molar-refractivity contribution < 1.29 is 9.47 Å². The maximum absolute atomic E-state index is 5.23. The molecule has 0 aromatic heterocycles. The second kappa shape index (κ2) is 4.54. The summed E-state index contributed by atoms with van der Waals surface area (Å²) in [6.07, 6.45) is -0.0488. The highest BCUT2D eigenvalue weighted by atomic mass is 32.1. The second-order valence-electron chi connectivity index (χ2n) is 3.29. The molecule has 2 rings (SSSR count). The van der Waals surface area contributed by atoms with Gasteiger partial charge in [0.15, 0.2) is 16.6 Å². The lowest BCUT2D eigenvalue weighted by Crippen LogP contribution is -2.26. The largest absolute Gasteiger partial charge is 0.493 e. The molecule has 1 aliphatic rings. The summed E-state index contributed by atoms with van der Waals surface area (Å²) in [5.74, 6) is 1.40. The van der Waals surface area contributed by atoms with E-state index >= 15 is 0 Å². The van der Waals surface area contributed by atoms with Crippen LogP contribution in [0.5, 0.6) is 11.5 Å². The standard InChI is InChI=1S/C10H13N3O2S/c1-14-7-4-3-6(5-8(7)15-2)9-11-10(16)13-12-9/h3-5,9,12H,1-2H3,(H2,11,13,16). The SMILES string of the molecule is COc1ccc(C2NNC(=S)N2)cc1OC. The van der Waals surface area contributed by atoms with Gasteiger partial charge >= 0.3 is 0 Å². The van der Waals surface area contributed by atoms with E-state index in [0.29, 0.717) is 16.6 Å². The van der Waals surface area contributed by atoms with Gasteiger partial charge in [0.1, 0.15) is 6.17 Å². The van der Waals surface area contributed by atoms with Gasteiger partial charge in [0.25, 0.3) is 0 Å². The highest BCUT2D eigenvalue weighted by Gasteiger charge is 2.19. The van der Waals surface area contributed by atoms with E-state index in [0.717, 1.165) is 5.56 Å². The summed E-state index contributed by atoms with van der Waals surface area (Å²) in [6.45, 7) is 0. The van der Waals surface area contributed by atoms with Crippen LogP contribution >= 0.6 is 12.2 Å². The first-order valence-electron chi connectivity index (χ1n) is 4.78. The predicted octanol–water partition coefficient (Wildman–Crippen LogP) is 0.685. The molecule has 0 spiro atoms. The number of hydrazine groups is 1. The van der Waals surface area contributed by atoms with E-state index in [4.69, 9.17) is 21.7 Å². The third-order valence-corrected chi connectivity index (χ3v) is 2.57. The van der Waals surface area contributed by atoms with Crippen molar-refractivity contribution in [3.8, 4) is 11.5 Å². The molecular formula is C10H13N3O2S. The van der Waals surface area contributed by atoms with E-state index in [2.05, 4.69) is 16.2 Å². The molecule has 5 nitrogen and oxygen atoms in total. The monoisotopic (exact) mass is 239 g/mol. The van der Waals surface area contributed by atoms with Crippen LogP contribution < -0.4 is 25.6 Å². The first-order valence-corrected chi connectivity index (χ1v) is 5.19. The Morgan fingerprint density at radius 2 is 1.94 bits per heavy atom. The van der Waals surface area contributed by atoms with Crippen LogP contribution in [0.2, 0.25) is 0 Å². The Morgan fingerprint density at radius 3 is 2.50 bits per heavy atom. The minimum atomic E-state index is -0.0488. The number of hydrogen-bond acceptors (Lipinski definition) is 4. The van der Waals surface area contributed by atoms with Crippen molar-refractivity contribution in [2.45, 2.75) is 6.17 Å². The first-order chi connectivity index (χ1) is 7.74. The lowest BCUT2D eigenvalue weighted by atomic mass is 10.1. The number of rotatable bonds is 3. The highest BCUT2D eigenvalue weighted by molar-refractivity contribution is 7.80. The van der Waals surface area contributed by atoms with Crippen molar-refractivity contribution in [3.05, 3.63) is 23.8 Å². The van der Waals surface area contributed by atoms with Crippen LogP contribution in [0.25, 0.3) is 0 Å². The number of nitrogens with one attached hydrogen (secondary N) is 3. The third-order valence-electron chi connectivity index (χ3n) is 2.35. The molecule has 86 valence electrons. The molecule has 3 N–H and O–H groups in total. The van der Waals surface area contributed by atoms with Gasteiger partial charge in [-0.05, 0) is 29.9 Å². The van der Waals surface area contributed by atoms with Crippen LogP contribution in [0.4, 0.5) is 0 Å². The lowest BCUT2D eigenvalue weighted by Gasteiger charge is -2.13. The summed E-state index contributed by atoms with van der Waals surface area (Å²) < 4.78 is 10.4. The zero-order chi connectivity index (χ0) is 11.5. The van der Waals surface area contributed by atoms with E-state index < -0.39 is 0 Å². The second-order valence-corrected chi connectivity index (χ2v) is 3.70. The van der Waals surface area contributed by atoms with Crippen molar-refractivity contribution in [3.63, 3.8) is 0 Å². The molecule has 1 atom stereocenters. The quantitative estimate of drug-likeness (QED) is 0.675. The summed E-state index contributed by atoms with van der Waals surface area (Å²) >= 11 is 4.97. The van der Waals surface area contributed by atoms with Gasteiger partial charge in [-0.25, -0.2) is 5.43 Å². The summed E-state index contributed by atoms with van der Waals surface area (Å²) in [4.78, 5) is 0. The molecule has 1 aromatic rings. The molecule has 0 amide bonds. The fourth-order valence-electron chi connectivity index (χ4n) is 1.54. The van der Waals surface area contributed by atoms with Crippen molar-refractivity contribution >= 4 is 17.3 Å². The van der Waals surface area contributed by atoms with Gasteiger partial charge in [0.05, 0.1) is 14.2 Å². The molecule has 1 aromatic carbocycles. The summed E-state index contributed by atoms with van der Waals surface area (Å²) in [6, 6.07) is 5.71. The maximum Gasteiger partial charge on any atom is 0.182 e. The number of hydrogen-bond donors (Lipinski definition) is 3. The minimum Gasteiger partial charge on any atom is -0.493 e. The van der Waals surface area contributed by atoms with Gasteiger partial charge in [-0.3, -0.25) is 5.43 Å². The normalized spacial score (nSPS) is 18.9. The van der Waals surface area contributed by atoms with Crippen LogP contribution in [-0.4, -0.2) is 19.3 Å². The molecule has 0 bridgehead atoms. The van der Waals surface area contributed by atoms with Gasteiger partial charge in [-0.15, -0.1) is 0 Å². The third kappa shape index (κ3) is 2.02. The number of ether oxygens (including phenoxy) is 2. The summed E-state index contributed by atoms with van der Waals surface area (Å²) in [7, 11) is 3.22. The van der Waals surface area contributed by atoms with Crippen molar-refractivity contribution in [1.82, 2.24) is 16.2 Å². The van der Waals surface area contributed by atoms with Gasteiger partial charge in [0, 0.05) is 0 Å². The van der Waals surface area contributed by atoms with Crippen LogP contribution in [0.1, 0.15) is 11.7 Å². The van der Waals surface area contributed by atoms with Crippen molar-refractivity contribution in [2.75, 3.05) is 14.2 Å². The van der Waals surface area contributed by atoms with Gasteiger partial charge in [0.2, 0.25) is 0 Å². The number of benzene rings is 1. The van der Waals surface area contributed by atoms with Crippen LogP contribution in [0, 0.1) is 0 Å². The Bertz CT molecular complexity index is 411. The molecule has 0 saturated carbocycles. The number of methoxy groups -OCH3 is 2. The zero-order valence-electron chi connectivity index (χ0n) is 9.03. The van der Waals surface area contributed by atoms with Crippen molar-refractivity contribution in [2.24, 2.45) is 0 Å². The van der Waals surface area contributed by atoms with Crippen LogP contribution in [0.15, 0.2) is 18.2 Å². The van der Waals surface area contributed by atoms with Crippen LogP contribution in [0.3, 0.4) is 0 Å². The van der Waals surface area contributed by atoms with E-state index in [9.17, 15) is 0 Å². The molecule has 0 aliphatic carbocycles. The molecule has 6 heteroatoms. The smallest absolute Gasteiger partial charge is 0.182 e. The predicted molar refractivity (Wildman–Crippen MR) is 64.3 cm³/mol. The molecule has 16 heavy (non-hydrogen) atoms. The highest BCUT2D eigenvalue weighted by Crippen LogP contribution is 2.29. The molecule has 0 radical (unpaired) electrons. The zero-order valence-corrected chi connectivity index (χ0v) is 9.85. The molecule has 1 saturated heterocycles. The summed E-state index contributed by atoms with van der Waals surface area (Å²) in [5, 5.41) is 3.65. The Kier molecular flexibility index (Phi) is 3.12. The molecular weight excluding hydrogens is 226 g/mol. The van der Waals surface area contributed by atoms with Crippen molar-refractivity contribution in [1.29, 1.82) is 0 Å². The van der Waals surface area contributed by atoms with Gasteiger partial charge in [-0.1, -0.05) is 6.07 Å². The Morgan fingerprint density at radius 1 is 1.19 bits per heavy atom. The fraction of sp³-hybridized carbons (Fsp3) is 0.300. The summed E-state index contributed by atoms with van der Waals surface area (Å²) in [5.41, 5.74) is 6.86. The van der Waals surface area contributed by atoms with E-state index in [-0.39, 0.29) is 6.17 Å². The molecule has 1 unspecified atom stereocenters. The number of thiocarbonyl (C=S) groups is 1. The van der Waals surface area contributed by atoms with Gasteiger partial charge < -0.3 is 14.8 Å². The topological polar surface area (TPSA) is 54.5 Å². The Labute approximate surface area is 99.1 Å². The molecule has 1 fully saturated rings. The van der Waals surface area contributed by atoms with E-state index in [1.807, 2.05) is 18.2 Å². The Balaban J connectivity index is 2.25. The lowest BCUT2D eigenvalue weighted by molar-refractivity contribution is 0.353.